The summed E-state index contributed by atoms with van der Waals surface area (Å²) in [5.74, 6) is 2.49. The maximum Gasteiger partial charge on any atom is 0.205 e. The highest BCUT2D eigenvalue weighted by molar-refractivity contribution is 7.85. The summed E-state index contributed by atoms with van der Waals surface area (Å²) in [6, 6.07) is 0.420. The second-order valence-electron chi connectivity index (χ2n) is 4.03. The van der Waals surface area contributed by atoms with Crippen molar-refractivity contribution in [2.45, 2.75) is 32.7 Å². The third-order valence-electron chi connectivity index (χ3n) is 2.87. The minimum absolute atomic E-state index is 0.420. The van der Waals surface area contributed by atoms with E-state index in [4.69, 9.17) is 0 Å². The number of aryl methyl sites for hydroxylation is 1. The first-order valence-electron chi connectivity index (χ1n) is 5.65. The number of hydrogen-bond acceptors (Lipinski definition) is 5. The van der Waals surface area contributed by atoms with Crippen LogP contribution < -0.4 is 4.90 Å². The van der Waals surface area contributed by atoms with Gasteiger partial charge >= 0.3 is 0 Å². The number of hydrogen-bond donors (Lipinski definition) is 0. The van der Waals surface area contributed by atoms with Crippen molar-refractivity contribution in [3.63, 3.8) is 0 Å². The van der Waals surface area contributed by atoms with E-state index in [1.165, 1.54) is 11.5 Å². The zero-order chi connectivity index (χ0) is 11.5. The maximum absolute atomic E-state index is 11.5. The Morgan fingerprint density at radius 2 is 2.38 bits per heavy atom. The molecule has 0 bridgehead atoms. The van der Waals surface area contributed by atoms with Gasteiger partial charge in [-0.3, -0.25) is 4.21 Å². The molecule has 1 aliphatic rings. The Labute approximate surface area is 103 Å². The molecule has 0 radical (unpaired) electrons. The monoisotopic (exact) mass is 259 g/mol. The van der Waals surface area contributed by atoms with Crippen molar-refractivity contribution in [2.75, 3.05) is 23.0 Å². The highest BCUT2D eigenvalue weighted by atomic mass is 32.2. The Balaban J connectivity index is 2.14. The van der Waals surface area contributed by atoms with Crippen LogP contribution in [0.25, 0.3) is 0 Å². The number of nitrogens with zero attached hydrogens (tertiary/aromatic N) is 3. The van der Waals surface area contributed by atoms with E-state index in [1.807, 2.05) is 0 Å². The Kier molecular flexibility index (Phi) is 3.91. The quantitative estimate of drug-likeness (QED) is 0.806. The van der Waals surface area contributed by atoms with Crippen molar-refractivity contribution in [1.82, 2.24) is 9.36 Å². The number of aromatic nitrogens is 2. The van der Waals surface area contributed by atoms with Crippen LogP contribution >= 0.6 is 11.5 Å². The first-order valence-corrected chi connectivity index (χ1v) is 7.91. The summed E-state index contributed by atoms with van der Waals surface area (Å²) < 4.78 is 15.8. The van der Waals surface area contributed by atoms with E-state index >= 15 is 0 Å². The molecule has 2 unspecified atom stereocenters. The minimum atomic E-state index is -0.653. The molecule has 0 aliphatic carbocycles. The van der Waals surface area contributed by atoms with Gasteiger partial charge in [0.2, 0.25) is 5.13 Å². The van der Waals surface area contributed by atoms with Gasteiger partial charge in [-0.25, -0.2) is 4.98 Å². The Morgan fingerprint density at radius 3 is 3.06 bits per heavy atom. The van der Waals surface area contributed by atoms with E-state index in [1.54, 1.807) is 0 Å². The molecule has 1 saturated heterocycles. The van der Waals surface area contributed by atoms with E-state index in [2.05, 4.69) is 28.1 Å². The van der Waals surface area contributed by atoms with Crippen molar-refractivity contribution >= 4 is 27.5 Å². The van der Waals surface area contributed by atoms with Gasteiger partial charge < -0.3 is 4.90 Å². The van der Waals surface area contributed by atoms with Crippen LogP contribution in [0.5, 0.6) is 0 Å². The summed E-state index contributed by atoms with van der Waals surface area (Å²) in [6.45, 7) is 5.08. The molecule has 6 heteroatoms. The van der Waals surface area contributed by atoms with Crippen molar-refractivity contribution < 1.29 is 4.21 Å². The molecule has 1 aromatic heterocycles. The summed E-state index contributed by atoms with van der Waals surface area (Å²) in [7, 11) is -0.653. The first-order chi connectivity index (χ1) is 7.70. The fourth-order valence-electron chi connectivity index (χ4n) is 1.77. The van der Waals surface area contributed by atoms with Crippen LogP contribution in [0.2, 0.25) is 0 Å². The normalized spacial score (nSPS) is 26.8. The zero-order valence-corrected chi connectivity index (χ0v) is 11.3. The van der Waals surface area contributed by atoms with Crippen LogP contribution in [-0.4, -0.2) is 37.7 Å². The van der Waals surface area contributed by atoms with Crippen molar-refractivity contribution in [2.24, 2.45) is 0 Å². The predicted octanol–water partition coefficient (Wildman–Crippen LogP) is 1.45. The van der Waals surface area contributed by atoms with Gasteiger partial charge in [-0.05, 0) is 13.3 Å². The minimum Gasteiger partial charge on any atom is -0.343 e. The highest BCUT2D eigenvalue weighted by Crippen LogP contribution is 2.22. The van der Waals surface area contributed by atoms with E-state index in [0.29, 0.717) is 6.04 Å². The summed E-state index contributed by atoms with van der Waals surface area (Å²) in [5.41, 5.74) is 0. The topological polar surface area (TPSA) is 46.1 Å². The molecular weight excluding hydrogens is 242 g/mol. The highest BCUT2D eigenvalue weighted by Gasteiger charge is 2.22. The molecule has 2 heterocycles. The molecule has 2 atom stereocenters. The predicted molar refractivity (Wildman–Crippen MR) is 68.6 cm³/mol. The molecule has 1 aliphatic heterocycles. The number of rotatable bonds is 2. The molecule has 4 nitrogen and oxygen atoms in total. The molecule has 1 fully saturated rings. The molecule has 0 amide bonds. The Bertz CT molecular complexity index is 380. The van der Waals surface area contributed by atoms with Crippen LogP contribution in [0.1, 0.15) is 26.1 Å². The van der Waals surface area contributed by atoms with Crippen LogP contribution in [0.3, 0.4) is 0 Å². The fourth-order valence-corrected chi connectivity index (χ4v) is 3.86. The van der Waals surface area contributed by atoms with E-state index in [0.717, 1.165) is 41.8 Å². The molecule has 90 valence electrons. The summed E-state index contributed by atoms with van der Waals surface area (Å²) >= 11 is 1.46. The molecule has 0 spiro atoms. The van der Waals surface area contributed by atoms with Crippen LogP contribution in [0.15, 0.2) is 0 Å². The first kappa shape index (κ1) is 12.0. The van der Waals surface area contributed by atoms with Gasteiger partial charge in [-0.2, -0.15) is 4.37 Å². The van der Waals surface area contributed by atoms with Gasteiger partial charge in [-0.15, -0.1) is 0 Å². The van der Waals surface area contributed by atoms with Gasteiger partial charge in [0.25, 0.3) is 0 Å². The summed E-state index contributed by atoms with van der Waals surface area (Å²) in [4.78, 5) is 6.76. The average molecular weight is 259 g/mol. The lowest BCUT2D eigenvalue weighted by Crippen LogP contribution is -2.33. The van der Waals surface area contributed by atoms with Gasteiger partial charge in [0, 0.05) is 52.8 Å². The summed E-state index contributed by atoms with van der Waals surface area (Å²) in [6.07, 6.45) is 1.86. The third kappa shape index (κ3) is 2.60. The smallest absolute Gasteiger partial charge is 0.205 e. The number of anilines is 1. The van der Waals surface area contributed by atoms with E-state index in [-0.39, 0.29) is 0 Å². The molecule has 0 saturated carbocycles. The van der Waals surface area contributed by atoms with Crippen LogP contribution in [-0.2, 0) is 17.2 Å². The molecule has 16 heavy (non-hydrogen) atoms. The van der Waals surface area contributed by atoms with Crippen molar-refractivity contribution in [3.8, 4) is 0 Å². The van der Waals surface area contributed by atoms with Crippen LogP contribution in [0, 0.1) is 0 Å². The average Bonchev–Trinajstić information content (AvgIpc) is 2.68. The molecule has 1 aromatic rings. The van der Waals surface area contributed by atoms with Gasteiger partial charge in [0.15, 0.2) is 0 Å². The second kappa shape index (κ2) is 5.23. The lowest BCUT2D eigenvalue weighted by Gasteiger charge is -2.25. The van der Waals surface area contributed by atoms with Crippen LogP contribution in [0.4, 0.5) is 5.13 Å². The SMILES string of the molecule is CCc1nsc(N2CCS(=O)CCC2C)n1. The van der Waals surface area contributed by atoms with Crippen molar-refractivity contribution in [3.05, 3.63) is 5.82 Å². The van der Waals surface area contributed by atoms with Gasteiger partial charge in [0.1, 0.15) is 5.82 Å². The second-order valence-corrected chi connectivity index (χ2v) is 6.45. The fraction of sp³-hybridized carbons (Fsp3) is 0.800. The van der Waals surface area contributed by atoms with Crippen molar-refractivity contribution in [1.29, 1.82) is 0 Å². The lowest BCUT2D eigenvalue weighted by atomic mass is 10.2. The zero-order valence-electron chi connectivity index (χ0n) is 9.68. The Hall–Kier alpha value is -0.490. The molecular formula is C10H17N3OS2. The van der Waals surface area contributed by atoms with Gasteiger partial charge in [0.05, 0.1) is 0 Å². The molecule has 2 rings (SSSR count). The summed E-state index contributed by atoms with van der Waals surface area (Å²) in [5, 5.41) is 0.989. The Morgan fingerprint density at radius 1 is 1.56 bits per heavy atom. The molecule has 0 aromatic carbocycles. The molecule has 0 N–H and O–H groups in total. The van der Waals surface area contributed by atoms with Gasteiger partial charge in [-0.1, -0.05) is 6.92 Å². The van der Waals surface area contributed by atoms with E-state index < -0.39 is 10.8 Å². The van der Waals surface area contributed by atoms with E-state index in [9.17, 15) is 4.21 Å². The standard InChI is InChI=1S/C10H17N3OS2/c1-3-9-11-10(15-12-9)13-5-7-16(14)6-4-8(13)2/h8H,3-7H2,1-2H3. The largest absolute Gasteiger partial charge is 0.343 e. The lowest BCUT2D eigenvalue weighted by molar-refractivity contribution is 0.641. The maximum atomic E-state index is 11.5. The third-order valence-corrected chi connectivity index (χ3v) is 4.99.